The molecule has 4 rings (SSSR count). The van der Waals surface area contributed by atoms with Crippen molar-refractivity contribution < 1.29 is 0 Å². The van der Waals surface area contributed by atoms with Crippen molar-refractivity contribution >= 4 is 33.4 Å². The minimum Gasteiger partial charge on any atom is -0.377 e. The van der Waals surface area contributed by atoms with Crippen molar-refractivity contribution in [1.82, 2.24) is 20.2 Å². The first-order chi connectivity index (χ1) is 13.3. The van der Waals surface area contributed by atoms with Crippen LogP contribution in [0.4, 0.5) is 5.69 Å². The predicted octanol–water partition coefficient (Wildman–Crippen LogP) is 5.19. The molecular formula is C20H16BrN5S. The molecule has 4 aromatic rings. The molecule has 1 heterocycles. The summed E-state index contributed by atoms with van der Waals surface area (Å²) >= 11 is 5.28. The summed E-state index contributed by atoms with van der Waals surface area (Å²) in [6.45, 7) is 0.515. The van der Waals surface area contributed by atoms with Crippen LogP contribution in [-0.2, 0) is 6.54 Å². The normalized spacial score (nSPS) is 10.7. The Kier molecular flexibility index (Phi) is 5.50. The van der Waals surface area contributed by atoms with E-state index in [0.717, 1.165) is 26.6 Å². The van der Waals surface area contributed by atoms with Crippen LogP contribution in [0.15, 0.2) is 93.1 Å². The fourth-order valence-electron chi connectivity index (χ4n) is 2.62. The molecule has 0 bridgehead atoms. The Morgan fingerprint density at radius 3 is 2.48 bits per heavy atom. The van der Waals surface area contributed by atoms with E-state index in [2.05, 4.69) is 61.0 Å². The number of tetrazole rings is 1. The topological polar surface area (TPSA) is 55.6 Å². The average Bonchev–Trinajstić information content (AvgIpc) is 3.17. The molecular weight excluding hydrogens is 422 g/mol. The lowest BCUT2D eigenvalue weighted by Gasteiger charge is -2.12. The standard InChI is InChI=1S/C20H16BrN5S/c21-16-10-4-6-12-18(16)26-20(23-24-25-26)14-22-17-11-5-7-13-19(17)27-15-8-2-1-3-9-15/h1-13,22H,14H2. The van der Waals surface area contributed by atoms with E-state index in [1.54, 1.807) is 16.4 Å². The van der Waals surface area contributed by atoms with E-state index >= 15 is 0 Å². The van der Waals surface area contributed by atoms with Crippen LogP contribution in [0.2, 0.25) is 0 Å². The molecule has 7 heteroatoms. The van der Waals surface area contributed by atoms with E-state index in [1.165, 1.54) is 4.90 Å². The molecule has 1 aromatic heterocycles. The number of halogens is 1. The van der Waals surface area contributed by atoms with Gasteiger partial charge in [0, 0.05) is 20.0 Å². The second kappa shape index (κ2) is 8.37. The summed E-state index contributed by atoms with van der Waals surface area (Å²) in [7, 11) is 0. The maximum absolute atomic E-state index is 4.17. The van der Waals surface area contributed by atoms with Gasteiger partial charge in [0.25, 0.3) is 0 Å². The van der Waals surface area contributed by atoms with Gasteiger partial charge in [-0.15, -0.1) is 5.10 Å². The Morgan fingerprint density at radius 1 is 0.889 bits per heavy atom. The number of nitrogens with one attached hydrogen (secondary N) is 1. The van der Waals surface area contributed by atoms with Gasteiger partial charge in [-0.1, -0.05) is 54.2 Å². The van der Waals surface area contributed by atoms with E-state index in [4.69, 9.17) is 0 Å². The van der Waals surface area contributed by atoms with Gasteiger partial charge in [0.2, 0.25) is 0 Å². The molecule has 0 amide bonds. The number of benzene rings is 3. The molecule has 0 atom stereocenters. The fourth-order valence-corrected chi connectivity index (χ4v) is 4.01. The van der Waals surface area contributed by atoms with Crippen LogP contribution in [0.5, 0.6) is 0 Å². The van der Waals surface area contributed by atoms with Gasteiger partial charge in [-0.05, 0) is 62.8 Å². The largest absolute Gasteiger partial charge is 0.377 e. The Hall–Kier alpha value is -2.64. The Bertz CT molecular complexity index is 1040. The molecule has 5 nitrogen and oxygen atoms in total. The molecule has 0 saturated carbocycles. The molecule has 0 unspecified atom stereocenters. The van der Waals surface area contributed by atoms with Gasteiger partial charge in [0.05, 0.1) is 12.2 Å². The van der Waals surface area contributed by atoms with Gasteiger partial charge in [0.1, 0.15) is 0 Å². The highest BCUT2D eigenvalue weighted by Gasteiger charge is 2.11. The number of nitrogens with zero attached hydrogens (tertiary/aromatic N) is 4. The highest BCUT2D eigenvalue weighted by atomic mass is 79.9. The van der Waals surface area contributed by atoms with Crippen molar-refractivity contribution in [3.8, 4) is 5.69 Å². The smallest absolute Gasteiger partial charge is 0.175 e. The monoisotopic (exact) mass is 437 g/mol. The van der Waals surface area contributed by atoms with Crippen LogP contribution >= 0.6 is 27.7 Å². The first-order valence-electron chi connectivity index (χ1n) is 8.39. The van der Waals surface area contributed by atoms with Crippen LogP contribution in [0.1, 0.15) is 5.82 Å². The maximum Gasteiger partial charge on any atom is 0.175 e. The van der Waals surface area contributed by atoms with Crippen LogP contribution < -0.4 is 5.32 Å². The van der Waals surface area contributed by atoms with Crippen LogP contribution in [-0.4, -0.2) is 20.2 Å². The second-order valence-corrected chi connectivity index (χ2v) is 7.69. The summed E-state index contributed by atoms with van der Waals surface area (Å²) in [4.78, 5) is 2.36. The quantitative estimate of drug-likeness (QED) is 0.449. The minimum atomic E-state index is 0.515. The maximum atomic E-state index is 4.17. The molecule has 0 fully saturated rings. The summed E-state index contributed by atoms with van der Waals surface area (Å²) in [5.74, 6) is 0.737. The van der Waals surface area contributed by atoms with E-state index in [0.29, 0.717) is 6.54 Å². The van der Waals surface area contributed by atoms with E-state index in [-0.39, 0.29) is 0 Å². The SMILES string of the molecule is Brc1ccccc1-n1nnnc1CNc1ccccc1Sc1ccccc1. The molecule has 0 aliphatic heterocycles. The van der Waals surface area contributed by atoms with Crippen molar-refractivity contribution in [3.63, 3.8) is 0 Å². The number of aromatic nitrogens is 4. The first kappa shape index (κ1) is 17.8. The van der Waals surface area contributed by atoms with Crippen molar-refractivity contribution in [3.05, 3.63) is 89.2 Å². The number of anilines is 1. The van der Waals surface area contributed by atoms with Crippen LogP contribution in [0.3, 0.4) is 0 Å². The summed E-state index contributed by atoms with van der Waals surface area (Å²) in [6, 6.07) is 26.4. The molecule has 0 spiro atoms. The van der Waals surface area contributed by atoms with Gasteiger partial charge in [-0.3, -0.25) is 0 Å². The van der Waals surface area contributed by atoms with Gasteiger partial charge in [0.15, 0.2) is 5.82 Å². The lowest BCUT2D eigenvalue weighted by atomic mass is 10.3. The Morgan fingerprint density at radius 2 is 1.63 bits per heavy atom. The van der Waals surface area contributed by atoms with Gasteiger partial charge in [-0.25, -0.2) is 0 Å². The highest BCUT2D eigenvalue weighted by molar-refractivity contribution is 9.10. The number of hydrogen-bond donors (Lipinski definition) is 1. The molecule has 3 aromatic carbocycles. The summed E-state index contributed by atoms with van der Waals surface area (Å²) in [5, 5.41) is 15.6. The van der Waals surface area contributed by atoms with Crippen LogP contribution in [0, 0.1) is 0 Å². The minimum absolute atomic E-state index is 0.515. The van der Waals surface area contributed by atoms with Gasteiger partial charge < -0.3 is 5.32 Å². The molecule has 0 aliphatic carbocycles. The third-order valence-corrected chi connectivity index (χ3v) is 5.66. The molecule has 0 saturated heterocycles. The van der Waals surface area contributed by atoms with Crippen LogP contribution in [0.25, 0.3) is 5.69 Å². The predicted molar refractivity (Wildman–Crippen MR) is 111 cm³/mol. The number of para-hydroxylation sites is 2. The van der Waals surface area contributed by atoms with E-state index in [1.807, 2.05) is 54.6 Å². The van der Waals surface area contributed by atoms with Gasteiger partial charge >= 0.3 is 0 Å². The van der Waals surface area contributed by atoms with Crippen molar-refractivity contribution in [1.29, 1.82) is 0 Å². The van der Waals surface area contributed by atoms with E-state index in [9.17, 15) is 0 Å². The average molecular weight is 438 g/mol. The third kappa shape index (κ3) is 4.20. The molecule has 27 heavy (non-hydrogen) atoms. The van der Waals surface area contributed by atoms with Crippen molar-refractivity contribution in [2.75, 3.05) is 5.32 Å². The summed E-state index contributed by atoms with van der Waals surface area (Å²) in [6.07, 6.45) is 0. The number of hydrogen-bond acceptors (Lipinski definition) is 5. The fraction of sp³-hybridized carbons (Fsp3) is 0.0500. The summed E-state index contributed by atoms with van der Waals surface area (Å²) < 4.78 is 2.68. The van der Waals surface area contributed by atoms with Crippen molar-refractivity contribution in [2.45, 2.75) is 16.3 Å². The second-order valence-electron chi connectivity index (χ2n) is 5.72. The Labute approximate surface area is 169 Å². The lowest BCUT2D eigenvalue weighted by molar-refractivity contribution is 0.765. The van der Waals surface area contributed by atoms with Gasteiger partial charge in [-0.2, -0.15) is 4.68 Å². The lowest BCUT2D eigenvalue weighted by Crippen LogP contribution is -2.09. The molecule has 1 N–H and O–H groups in total. The first-order valence-corrected chi connectivity index (χ1v) is 10.0. The third-order valence-electron chi connectivity index (χ3n) is 3.91. The summed E-state index contributed by atoms with van der Waals surface area (Å²) in [5.41, 5.74) is 1.96. The zero-order chi connectivity index (χ0) is 18.5. The molecule has 0 radical (unpaired) electrons. The Balaban J connectivity index is 1.54. The molecule has 0 aliphatic rings. The highest BCUT2D eigenvalue weighted by Crippen LogP contribution is 2.33. The molecule has 134 valence electrons. The number of rotatable bonds is 6. The van der Waals surface area contributed by atoms with Crippen molar-refractivity contribution in [2.24, 2.45) is 0 Å². The van der Waals surface area contributed by atoms with E-state index < -0.39 is 0 Å². The zero-order valence-corrected chi connectivity index (χ0v) is 16.7. The zero-order valence-electron chi connectivity index (χ0n) is 14.3.